The number of piperidine rings is 1. The minimum Gasteiger partial charge on any atom is -0.302 e. The Kier molecular flexibility index (Phi) is 4.67. The van der Waals surface area contributed by atoms with E-state index in [9.17, 15) is 4.79 Å². The Morgan fingerprint density at radius 3 is 3.33 bits per heavy atom. The molecule has 18 heavy (non-hydrogen) atoms. The van der Waals surface area contributed by atoms with Crippen LogP contribution < -0.4 is 5.32 Å². The van der Waals surface area contributed by atoms with Gasteiger partial charge in [-0.1, -0.05) is 0 Å². The van der Waals surface area contributed by atoms with Crippen LogP contribution in [0.15, 0.2) is 11.6 Å². The third-order valence-electron chi connectivity index (χ3n) is 3.08. The van der Waals surface area contributed by atoms with E-state index < -0.39 is 0 Å². The number of thiazole rings is 1. The minimum absolute atomic E-state index is 0.0151. The molecule has 1 atom stereocenters. The molecule has 0 spiro atoms. The molecule has 5 nitrogen and oxygen atoms in total. The Labute approximate surface area is 110 Å². The lowest BCUT2D eigenvalue weighted by Crippen LogP contribution is -2.41. The predicted octanol–water partition coefficient (Wildman–Crippen LogP) is 1.71. The molecular formula is C12H16N4OS. The van der Waals surface area contributed by atoms with Crippen molar-refractivity contribution in [1.82, 2.24) is 9.88 Å². The molecule has 1 saturated heterocycles. The number of hydrogen-bond donors (Lipinski definition) is 1. The Hall–Kier alpha value is -1.45. The van der Waals surface area contributed by atoms with Gasteiger partial charge >= 0.3 is 0 Å². The summed E-state index contributed by atoms with van der Waals surface area (Å²) < 4.78 is 0. The van der Waals surface area contributed by atoms with Crippen LogP contribution in [0.5, 0.6) is 0 Å². The van der Waals surface area contributed by atoms with Crippen molar-refractivity contribution in [2.45, 2.75) is 19.3 Å². The Balaban J connectivity index is 1.84. The van der Waals surface area contributed by atoms with Crippen molar-refractivity contribution in [1.29, 1.82) is 5.26 Å². The third-order valence-corrected chi connectivity index (χ3v) is 3.77. The van der Waals surface area contributed by atoms with Crippen molar-refractivity contribution in [2.24, 2.45) is 5.92 Å². The number of rotatable bonds is 4. The minimum atomic E-state index is 0.0151. The molecule has 1 aliphatic rings. The van der Waals surface area contributed by atoms with Gasteiger partial charge in [0.25, 0.3) is 0 Å². The zero-order valence-corrected chi connectivity index (χ0v) is 10.9. The van der Waals surface area contributed by atoms with Gasteiger partial charge in [0.2, 0.25) is 5.91 Å². The summed E-state index contributed by atoms with van der Waals surface area (Å²) >= 11 is 1.43. The molecule has 0 saturated carbocycles. The van der Waals surface area contributed by atoms with Crippen molar-refractivity contribution < 1.29 is 4.79 Å². The number of nitrogens with zero attached hydrogens (tertiary/aromatic N) is 3. The van der Waals surface area contributed by atoms with Gasteiger partial charge in [0.1, 0.15) is 0 Å². The molecule has 96 valence electrons. The van der Waals surface area contributed by atoms with Gasteiger partial charge in [-0.3, -0.25) is 4.79 Å². The van der Waals surface area contributed by atoms with Crippen LogP contribution >= 0.6 is 11.3 Å². The highest BCUT2D eigenvalue weighted by atomic mass is 32.1. The Bertz CT molecular complexity index is 426. The van der Waals surface area contributed by atoms with Gasteiger partial charge < -0.3 is 10.2 Å². The van der Waals surface area contributed by atoms with Crippen molar-refractivity contribution in [3.8, 4) is 6.07 Å². The van der Waals surface area contributed by atoms with Crippen LogP contribution in [0.3, 0.4) is 0 Å². The highest BCUT2D eigenvalue weighted by Gasteiger charge is 2.25. The number of carbonyl (C=O) groups is 1. The summed E-state index contributed by atoms with van der Waals surface area (Å²) in [5.74, 6) is 0.0629. The number of carbonyl (C=O) groups excluding carboxylic acids is 1. The zero-order chi connectivity index (χ0) is 12.8. The number of hydrogen-bond acceptors (Lipinski definition) is 5. The second-order valence-corrected chi connectivity index (χ2v) is 5.27. The highest BCUT2D eigenvalue weighted by Crippen LogP contribution is 2.19. The average Bonchev–Trinajstić information content (AvgIpc) is 2.89. The number of amides is 1. The molecule has 1 fully saturated rings. The largest absolute Gasteiger partial charge is 0.302 e. The summed E-state index contributed by atoms with van der Waals surface area (Å²) in [7, 11) is 0. The van der Waals surface area contributed by atoms with Gasteiger partial charge in [-0.25, -0.2) is 4.98 Å². The number of aromatic nitrogens is 1. The SMILES string of the molecule is N#CCCN1CCC[C@@H](C(=O)Nc2nccs2)C1. The molecule has 2 rings (SSSR count). The van der Waals surface area contributed by atoms with Gasteiger partial charge in [-0.05, 0) is 19.4 Å². The maximum atomic E-state index is 12.0. The molecule has 1 aliphatic heterocycles. The number of nitrogens with one attached hydrogen (secondary N) is 1. The fourth-order valence-electron chi connectivity index (χ4n) is 2.17. The van der Waals surface area contributed by atoms with Crippen molar-refractivity contribution in [3.63, 3.8) is 0 Å². The Morgan fingerprint density at radius 2 is 2.61 bits per heavy atom. The van der Waals surface area contributed by atoms with Crippen LogP contribution in [0.4, 0.5) is 5.13 Å². The number of likely N-dealkylation sites (tertiary alicyclic amines) is 1. The summed E-state index contributed by atoms with van der Waals surface area (Å²) in [6, 6.07) is 2.14. The molecule has 1 aromatic rings. The smallest absolute Gasteiger partial charge is 0.230 e. The Morgan fingerprint density at radius 1 is 1.72 bits per heavy atom. The van der Waals surface area contributed by atoms with Gasteiger partial charge in [0.15, 0.2) is 5.13 Å². The van der Waals surface area contributed by atoms with Gasteiger partial charge in [0, 0.05) is 31.1 Å². The van der Waals surface area contributed by atoms with Crippen molar-refractivity contribution in [3.05, 3.63) is 11.6 Å². The van der Waals surface area contributed by atoms with Crippen LogP contribution in [-0.2, 0) is 4.79 Å². The van der Waals surface area contributed by atoms with Crippen molar-refractivity contribution in [2.75, 3.05) is 25.0 Å². The summed E-state index contributed by atoms with van der Waals surface area (Å²) in [5, 5.41) is 13.9. The summed E-state index contributed by atoms with van der Waals surface area (Å²) in [6.07, 6.45) is 4.14. The summed E-state index contributed by atoms with van der Waals surface area (Å²) in [5.41, 5.74) is 0. The van der Waals surface area contributed by atoms with E-state index in [1.54, 1.807) is 6.20 Å². The van der Waals surface area contributed by atoms with Crippen LogP contribution in [0.25, 0.3) is 0 Å². The second-order valence-electron chi connectivity index (χ2n) is 4.37. The van der Waals surface area contributed by atoms with Crippen LogP contribution in [0, 0.1) is 17.2 Å². The van der Waals surface area contributed by atoms with E-state index in [4.69, 9.17) is 5.26 Å². The first-order valence-corrected chi connectivity index (χ1v) is 6.97. The van der Waals surface area contributed by atoms with Crippen LogP contribution in [0.2, 0.25) is 0 Å². The molecule has 1 N–H and O–H groups in total. The lowest BCUT2D eigenvalue weighted by atomic mass is 9.97. The highest BCUT2D eigenvalue weighted by molar-refractivity contribution is 7.13. The third kappa shape index (κ3) is 3.52. The van der Waals surface area contributed by atoms with E-state index in [-0.39, 0.29) is 11.8 Å². The number of anilines is 1. The molecule has 0 aromatic carbocycles. The second kappa shape index (κ2) is 6.47. The first-order valence-electron chi connectivity index (χ1n) is 6.09. The molecule has 1 aromatic heterocycles. The normalized spacial score (nSPS) is 20.3. The molecule has 1 amide bonds. The quantitative estimate of drug-likeness (QED) is 0.898. The molecule has 6 heteroatoms. The van der Waals surface area contributed by atoms with E-state index >= 15 is 0 Å². The average molecular weight is 264 g/mol. The van der Waals surface area contributed by atoms with Gasteiger partial charge in [-0.15, -0.1) is 11.3 Å². The first-order chi connectivity index (χ1) is 8.79. The van der Waals surface area contributed by atoms with E-state index in [0.29, 0.717) is 11.6 Å². The summed E-state index contributed by atoms with van der Waals surface area (Å²) in [6.45, 7) is 2.50. The monoisotopic (exact) mass is 264 g/mol. The molecular weight excluding hydrogens is 248 g/mol. The van der Waals surface area contributed by atoms with Gasteiger partial charge in [0.05, 0.1) is 12.0 Å². The van der Waals surface area contributed by atoms with E-state index in [2.05, 4.69) is 21.3 Å². The molecule has 0 bridgehead atoms. The standard InChI is InChI=1S/C12H16N4OS/c13-4-2-7-16-6-1-3-10(9-16)11(17)15-12-14-5-8-18-12/h5,8,10H,1-3,6-7,9H2,(H,14,15,17)/t10-/m1/s1. The maximum absolute atomic E-state index is 12.0. The fourth-order valence-corrected chi connectivity index (χ4v) is 2.71. The maximum Gasteiger partial charge on any atom is 0.230 e. The fraction of sp³-hybridized carbons (Fsp3) is 0.583. The molecule has 0 unspecified atom stereocenters. The molecule has 0 radical (unpaired) electrons. The van der Waals surface area contributed by atoms with Crippen LogP contribution in [-0.4, -0.2) is 35.4 Å². The molecule has 2 heterocycles. The number of nitriles is 1. The zero-order valence-electron chi connectivity index (χ0n) is 10.1. The topological polar surface area (TPSA) is 69.0 Å². The van der Waals surface area contributed by atoms with E-state index in [1.165, 1.54) is 11.3 Å². The van der Waals surface area contributed by atoms with Gasteiger partial charge in [-0.2, -0.15) is 5.26 Å². The first kappa shape index (κ1) is 13.0. The van der Waals surface area contributed by atoms with Crippen LogP contribution in [0.1, 0.15) is 19.3 Å². The van der Waals surface area contributed by atoms with E-state index in [1.807, 2.05) is 5.38 Å². The summed E-state index contributed by atoms with van der Waals surface area (Å²) in [4.78, 5) is 18.3. The van der Waals surface area contributed by atoms with E-state index in [0.717, 1.165) is 32.5 Å². The molecule has 0 aliphatic carbocycles. The predicted molar refractivity (Wildman–Crippen MR) is 70.1 cm³/mol. The lowest BCUT2D eigenvalue weighted by molar-refractivity contribution is -0.121. The van der Waals surface area contributed by atoms with Crippen molar-refractivity contribution >= 4 is 22.4 Å². The lowest BCUT2D eigenvalue weighted by Gasteiger charge is -2.31.